The summed E-state index contributed by atoms with van der Waals surface area (Å²) in [6.45, 7) is 14.1. The van der Waals surface area contributed by atoms with Gasteiger partial charge in [0.1, 0.15) is 0 Å². The fraction of sp³-hybridized carbons (Fsp3) is 0.556. The van der Waals surface area contributed by atoms with E-state index in [4.69, 9.17) is 4.74 Å². The quantitative estimate of drug-likeness (QED) is 0.667. The van der Waals surface area contributed by atoms with Crippen molar-refractivity contribution in [3.05, 3.63) is 42.0 Å². The van der Waals surface area contributed by atoms with Gasteiger partial charge in [0.05, 0.1) is 12.7 Å². The van der Waals surface area contributed by atoms with Gasteiger partial charge in [0.25, 0.3) is 0 Å². The zero-order chi connectivity index (χ0) is 14.1. The summed E-state index contributed by atoms with van der Waals surface area (Å²) in [4.78, 5) is 0. The molecule has 1 nitrogen and oxygen atoms in total. The molecule has 1 aromatic carbocycles. The molecule has 0 radical (unpaired) electrons. The molecule has 104 valence electrons. The molecule has 0 amide bonds. The van der Waals surface area contributed by atoms with Crippen molar-refractivity contribution in [3.63, 3.8) is 0 Å². The topological polar surface area (TPSA) is 12.5 Å². The predicted molar refractivity (Wildman–Crippen MR) is 82.3 cm³/mol. The summed E-state index contributed by atoms with van der Waals surface area (Å²) in [6, 6.07) is 8.77. The Balaban J connectivity index is 2.01. The second kappa shape index (κ2) is 5.13. The van der Waals surface area contributed by atoms with Crippen LogP contribution >= 0.6 is 0 Å². The molecular weight excluding hydrogens is 232 g/mol. The Kier molecular flexibility index (Phi) is 3.87. The molecule has 0 aromatic heterocycles. The number of hydrogen-bond donors (Lipinski definition) is 0. The predicted octanol–water partition coefficient (Wildman–Crippen LogP) is 4.81. The Hall–Kier alpha value is -1.08. The van der Waals surface area contributed by atoms with Gasteiger partial charge in [-0.1, -0.05) is 64.6 Å². The van der Waals surface area contributed by atoms with Crippen LogP contribution in [0.5, 0.6) is 0 Å². The summed E-state index contributed by atoms with van der Waals surface area (Å²) in [5.41, 5.74) is 3.11. The molecule has 0 saturated carbocycles. The van der Waals surface area contributed by atoms with Gasteiger partial charge in [0.2, 0.25) is 0 Å². The molecule has 1 aliphatic rings. The van der Waals surface area contributed by atoms with Crippen molar-refractivity contribution in [2.75, 3.05) is 6.61 Å². The average molecular weight is 258 g/mol. The van der Waals surface area contributed by atoms with Crippen molar-refractivity contribution in [2.24, 2.45) is 5.41 Å². The zero-order valence-electron chi connectivity index (χ0n) is 12.7. The summed E-state index contributed by atoms with van der Waals surface area (Å²) < 4.78 is 5.46. The van der Waals surface area contributed by atoms with E-state index in [0.717, 1.165) is 6.61 Å². The van der Waals surface area contributed by atoms with Crippen molar-refractivity contribution in [1.82, 2.24) is 0 Å². The highest BCUT2D eigenvalue weighted by Gasteiger charge is 2.40. The summed E-state index contributed by atoms with van der Waals surface area (Å²) in [5, 5.41) is 0. The molecule has 1 saturated heterocycles. The first-order chi connectivity index (χ1) is 8.85. The summed E-state index contributed by atoms with van der Waals surface area (Å²) >= 11 is 0. The molecule has 1 unspecified atom stereocenters. The minimum Gasteiger partial charge on any atom is -0.373 e. The maximum atomic E-state index is 5.46. The summed E-state index contributed by atoms with van der Waals surface area (Å²) in [6.07, 6.45) is 4.76. The Morgan fingerprint density at radius 2 is 1.74 bits per heavy atom. The van der Waals surface area contributed by atoms with Gasteiger partial charge in [-0.25, -0.2) is 0 Å². The number of epoxide rings is 1. The first-order valence-corrected chi connectivity index (χ1v) is 7.20. The van der Waals surface area contributed by atoms with Crippen LogP contribution in [-0.2, 0) is 10.2 Å². The number of ether oxygens (including phenoxy) is 1. The minimum atomic E-state index is 0.214. The van der Waals surface area contributed by atoms with Crippen molar-refractivity contribution in [3.8, 4) is 0 Å². The van der Waals surface area contributed by atoms with E-state index in [-0.39, 0.29) is 5.41 Å². The van der Waals surface area contributed by atoms with E-state index in [1.807, 2.05) is 6.08 Å². The smallest absolute Gasteiger partial charge is 0.0860 e. The van der Waals surface area contributed by atoms with Crippen molar-refractivity contribution >= 4 is 6.08 Å². The molecular formula is C18H26O. The van der Waals surface area contributed by atoms with Crippen LogP contribution in [0.1, 0.15) is 51.7 Å². The highest BCUT2D eigenvalue weighted by atomic mass is 16.6. The summed E-state index contributed by atoms with van der Waals surface area (Å²) in [5.74, 6) is 0. The molecule has 0 N–H and O–H groups in total. The fourth-order valence-electron chi connectivity index (χ4n) is 2.51. The van der Waals surface area contributed by atoms with Crippen LogP contribution < -0.4 is 0 Å². The standard InChI is InChI=1S/C18H26O/c1-6-14-7-9-15(10-8-14)17(2,3)11-12-18(4,5)16-13-19-16/h6-10,16H,1,11-13H2,2-5H3. The Labute approximate surface area is 117 Å². The molecule has 19 heavy (non-hydrogen) atoms. The van der Waals surface area contributed by atoms with E-state index in [1.165, 1.54) is 24.0 Å². The van der Waals surface area contributed by atoms with E-state index >= 15 is 0 Å². The maximum absolute atomic E-state index is 5.46. The fourth-order valence-corrected chi connectivity index (χ4v) is 2.51. The van der Waals surface area contributed by atoms with Crippen LogP contribution in [0.15, 0.2) is 30.8 Å². The van der Waals surface area contributed by atoms with Crippen molar-refractivity contribution < 1.29 is 4.74 Å². The van der Waals surface area contributed by atoms with Crippen molar-refractivity contribution in [1.29, 1.82) is 0 Å². The van der Waals surface area contributed by atoms with Gasteiger partial charge in [0, 0.05) is 0 Å². The first-order valence-electron chi connectivity index (χ1n) is 7.20. The largest absolute Gasteiger partial charge is 0.373 e. The average Bonchev–Trinajstić information content (AvgIpc) is 3.21. The Bertz CT molecular complexity index is 435. The highest BCUT2D eigenvalue weighted by Crippen LogP contribution is 2.40. The number of benzene rings is 1. The maximum Gasteiger partial charge on any atom is 0.0860 e. The van der Waals surface area contributed by atoms with Crippen LogP contribution in [-0.4, -0.2) is 12.7 Å². The van der Waals surface area contributed by atoms with E-state index in [2.05, 4.69) is 58.5 Å². The van der Waals surface area contributed by atoms with Crippen molar-refractivity contribution in [2.45, 2.75) is 52.1 Å². The second-order valence-corrected chi connectivity index (χ2v) is 7.02. The van der Waals surface area contributed by atoms with E-state index in [9.17, 15) is 0 Å². The van der Waals surface area contributed by atoms with Gasteiger partial charge < -0.3 is 4.74 Å². The normalized spacial score (nSPS) is 19.3. The Morgan fingerprint density at radius 3 is 2.21 bits per heavy atom. The van der Waals surface area contributed by atoms with Gasteiger partial charge in [0.15, 0.2) is 0 Å². The van der Waals surface area contributed by atoms with Gasteiger partial charge in [-0.3, -0.25) is 0 Å². The third-order valence-corrected chi connectivity index (χ3v) is 4.53. The Morgan fingerprint density at radius 1 is 1.16 bits per heavy atom. The number of hydrogen-bond acceptors (Lipinski definition) is 1. The molecule has 1 atom stereocenters. The molecule has 1 aliphatic heterocycles. The van der Waals surface area contributed by atoms with Crippen LogP contribution in [0.3, 0.4) is 0 Å². The molecule has 2 rings (SSSR count). The van der Waals surface area contributed by atoms with Crippen LogP contribution in [0, 0.1) is 5.41 Å². The monoisotopic (exact) mass is 258 g/mol. The van der Waals surface area contributed by atoms with Crippen LogP contribution in [0.4, 0.5) is 0 Å². The van der Waals surface area contributed by atoms with Crippen LogP contribution in [0.2, 0.25) is 0 Å². The number of rotatable bonds is 6. The lowest BCUT2D eigenvalue weighted by Crippen LogP contribution is -2.25. The molecule has 1 heterocycles. The third-order valence-electron chi connectivity index (χ3n) is 4.53. The minimum absolute atomic E-state index is 0.214. The molecule has 0 bridgehead atoms. The third kappa shape index (κ3) is 3.48. The molecule has 1 aromatic rings. The summed E-state index contributed by atoms with van der Waals surface area (Å²) in [7, 11) is 0. The van der Waals surface area contributed by atoms with Gasteiger partial charge in [-0.2, -0.15) is 0 Å². The molecule has 1 heteroatoms. The lowest BCUT2D eigenvalue weighted by molar-refractivity contribution is 0.207. The first kappa shape index (κ1) is 14.3. The van der Waals surface area contributed by atoms with Gasteiger partial charge in [-0.05, 0) is 34.8 Å². The van der Waals surface area contributed by atoms with Gasteiger partial charge >= 0.3 is 0 Å². The van der Waals surface area contributed by atoms with Gasteiger partial charge in [-0.15, -0.1) is 0 Å². The highest BCUT2D eigenvalue weighted by molar-refractivity contribution is 5.47. The van der Waals surface area contributed by atoms with E-state index < -0.39 is 0 Å². The lowest BCUT2D eigenvalue weighted by Gasteiger charge is -2.31. The second-order valence-electron chi connectivity index (χ2n) is 7.02. The molecule has 1 fully saturated rings. The van der Waals surface area contributed by atoms with E-state index in [0.29, 0.717) is 11.5 Å². The molecule has 0 spiro atoms. The zero-order valence-corrected chi connectivity index (χ0v) is 12.7. The SMILES string of the molecule is C=Cc1ccc(C(C)(C)CCC(C)(C)C2CO2)cc1. The molecule has 0 aliphatic carbocycles. The lowest BCUT2D eigenvalue weighted by atomic mass is 9.74. The van der Waals surface area contributed by atoms with E-state index in [1.54, 1.807) is 0 Å². The van der Waals surface area contributed by atoms with Crippen LogP contribution in [0.25, 0.3) is 6.08 Å².